The monoisotopic (exact) mass is 312 g/mol. The summed E-state index contributed by atoms with van der Waals surface area (Å²) in [6.07, 6.45) is 2.02. The number of nitrogens with zero attached hydrogens (tertiary/aromatic N) is 2. The number of ketones is 1. The molecule has 2 heterocycles. The van der Waals surface area contributed by atoms with Gasteiger partial charge in [-0.05, 0) is 0 Å². The Balaban J connectivity index is 1.85. The molecule has 0 fully saturated rings. The van der Waals surface area contributed by atoms with Crippen molar-refractivity contribution >= 4 is 23.5 Å². The predicted octanol–water partition coefficient (Wildman–Crippen LogP) is 2.90. The van der Waals surface area contributed by atoms with Crippen LogP contribution in [0.1, 0.15) is 11.1 Å². The second-order valence-corrected chi connectivity index (χ2v) is 5.42. The first-order chi connectivity index (χ1) is 11.8. The number of allylic oxidation sites excluding steroid dienone is 3. The van der Waals surface area contributed by atoms with Gasteiger partial charge in [-0.2, -0.15) is 0 Å². The van der Waals surface area contributed by atoms with Crippen molar-refractivity contribution in [1.82, 2.24) is 0 Å². The van der Waals surface area contributed by atoms with E-state index in [9.17, 15) is 9.59 Å². The molecule has 0 bridgehead atoms. The standard InChI is InChI=1S/C20H12N2O2/c23-12-16(24)20-17-15(18(22-20)13-7-3-1-4-8-13)11-21-19(17)14-9-5-2-6-10-14/h1-12H. The van der Waals surface area contributed by atoms with Crippen LogP contribution in [-0.4, -0.2) is 23.5 Å². The molecule has 0 unspecified atom stereocenters. The SMILES string of the molecule is O=CC(=O)C1=C2C(=CN=C2c2ccccc2)C(c2ccccc2)=N1. The van der Waals surface area contributed by atoms with Crippen LogP contribution in [0, 0.1) is 0 Å². The maximum Gasteiger partial charge on any atom is 0.244 e. The highest BCUT2D eigenvalue weighted by atomic mass is 16.2. The molecule has 2 aromatic rings. The van der Waals surface area contributed by atoms with Crippen LogP contribution in [-0.2, 0) is 9.59 Å². The summed E-state index contributed by atoms with van der Waals surface area (Å²) in [5.74, 6) is -0.632. The van der Waals surface area contributed by atoms with Gasteiger partial charge in [-0.25, -0.2) is 4.99 Å². The molecule has 2 aliphatic rings. The van der Waals surface area contributed by atoms with Crippen molar-refractivity contribution in [3.05, 3.63) is 94.8 Å². The molecule has 2 aromatic carbocycles. The quantitative estimate of drug-likeness (QED) is 0.644. The van der Waals surface area contributed by atoms with Crippen molar-refractivity contribution in [2.45, 2.75) is 0 Å². The van der Waals surface area contributed by atoms with Gasteiger partial charge in [0.25, 0.3) is 0 Å². The van der Waals surface area contributed by atoms with E-state index in [4.69, 9.17) is 0 Å². The molecule has 114 valence electrons. The van der Waals surface area contributed by atoms with E-state index < -0.39 is 5.78 Å². The normalized spacial score (nSPS) is 15.6. The molecule has 0 atom stereocenters. The van der Waals surface area contributed by atoms with Crippen molar-refractivity contribution in [1.29, 1.82) is 0 Å². The van der Waals surface area contributed by atoms with Gasteiger partial charge in [-0.1, -0.05) is 60.7 Å². The molecule has 24 heavy (non-hydrogen) atoms. The third-order valence-electron chi connectivity index (χ3n) is 3.98. The maximum atomic E-state index is 12.1. The predicted molar refractivity (Wildman–Crippen MR) is 92.1 cm³/mol. The smallest absolute Gasteiger partial charge is 0.244 e. The number of rotatable bonds is 4. The number of carbonyl (C=O) groups is 2. The molecule has 0 N–H and O–H groups in total. The Hall–Kier alpha value is -3.40. The maximum absolute atomic E-state index is 12.1. The third-order valence-corrected chi connectivity index (χ3v) is 3.98. The van der Waals surface area contributed by atoms with Crippen LogP contribution in [0.2, 0.25) is 0 Å². The second-order valence-electron chi connectivity index (χ2n) is 5.42. The number of Topliss-reactive ketones (excluding diaryl/α,β-unsaturated/α-hetero) is 1. The summed E-state index contributed by atoms with van der Waals surface area (Å²) >= 11 is 0. The van der Waals surface area contributed by atoms with Crippen molar-refractivity contribution in [2.24, 2.45) is 9.98 Å². The summed E-state index contributed by atoms with van der Waals surface area (Å²) in [6.45, 7) is 0. The zero-order valence-corrected chi connectivity index (χ0v) is 12.6. The molecular formula is C20H12N2O2. The second kappa shape index (κ2) is 5.66. The molecule has 0 aromatic heterocycles. The van der Waals surface area contributed by atoms with Gasteiger partial charge in [0.05, 0.1) is 11.4 Å². The van der Waals surface area contributed by atoms with E-state index in [1.54, 1.807) is 6.20 Å². The Labute approximate surface area is 138 Å². The average Bonchev–Trinajstić information content (AvgIpc) is 3.23. The minimum Gasteiger partial charge on any atom is -0.294 e. The first kappa shape index (κ1) is 14.2. The van der Waals surface area contributed by atoms with Crippen LogP contribution in [0.15, 0.2) is 93.7 Å². The van der Waals surface area contributed by atoms with Gasteiger partial charge >= 0.3 is 0 Å². The van der Waals surface area contributed by atoms with Gasteiger partial charge in [0.15, 0.2) is 6.29 Å². The van der Waals surface area contributed by atoms with Crippen LogP contribution in [0.5, 0.6) is 0 Å². The number of benzene rings is 2. The van der Waals surface area contributed by atoms with Gasteiger partial charge in [-0.3, -0.25) is 14.6 Å². The minimum atomic E-state index is -0.632. The van der Waals surface area contributed by atoms with Crippen molar-refractivity contribution in [3.8, 4) is 0 Å². The molecule has 0 spiro atoms. The largest absolute Gasteiger partial charge is 0.294 e. The van der Waals surface area contributed by atoms with Crippen molar-refractivity contribution < 1.29 is 9.59 Å². The number of hydrogen-bond donors (Lipinski definition) is 0. The lowest BCUT2D eigenvalue weighted by atomic mass is 9.93. The van der Waals surface area contributed by atoms with Crippen LogP contribution < -0.4 is 0 Å². The van der Waals surface area contributed by atoms with E-state index in [2.05, 4.69) is 9.98 Å². The lowest BCUT2D eigenvalue weighted by molar-refractivity contribution is -0.127. The zero-order valence-electron chi connectivity index (χ0n) is 12.6. The van der Waals surface area contributed by atoms with Crippen LogP contribution >= 0.6 is 0 Å². The van der Waals surface area contributed by atoms with E-state index in [1.807, 2.05) is 60.7 Å². The van der Waals surface area contributed by atoms with E-state index in [0.29, 0.717) is 23.3 Å². The Bertz CT molecular complexity index is 928. The highest BCUT2D eigenvalue weighted by molar-refractivity contribution is 6.41. The molecule has 4 nitrogen and oxygen atoms in total. The Morgan fingerprint density at radius 2 is 1.42 bits per heavy atom. The van der Waals surface area contributed by atoms with Crippen LogP contribution in [0.4, 0.5) is 0 Å². The van der Waals surface area contributed by atoms with E-state index in [0.717, 1.165) is 16.7 Å². The molecular weight excluding hydrogens is 300 g/mol. The first-order valence-corrected chi connectivity index (χ1v) is 7.52. The topological polar surface area (TPSA) is 58.9 Å². The average molecular weight is 312 g/mol. The Morgan fingerprint density at radius 3 is 2.00 bits per heavy atom. The molecule has 0 saturated heterocycles. The summed E-state index contributed by atoms with van der Waals surface area (Å²) in [5.41, 5.74) is 4.70. The molecule has 2 aliphatic heterocycles. The number of hydrogen-bond acceptors (Lipinski definition) is 4. The summed E-state index contributed by atoms with van der Waals surface area (Å²) in [7, 11) is 0. The van der Waals surface area contributed by atoms with E-state index >= 15 is 0 Å². The number of carbonyl (C=O) groups excluding carboxylic acids is 2. The summed E-state index contributed by atoms with van der Waals surface area (Å²) in [6, 6.07) is 19.2. The Kier molecular flexibility index (Phi) is 3.35. The fourth-order valence-electron chi connectivity index (χ4n) is 2.90. The van der Waals surface area contributed by atoms with Gasteiger partial charge in [0, 0.05) is 28.5 Å². The lowest BCUT2D eigenvalue weighted by Gasteiger charge is -2.06. The van der Waals surface area contributed by atoms with Gasteiger partial charge in [0.1, 0.15) is 5.70 Å². The van der Waals surface area contributed by atoms with E-state index in [1.165, 1.54) is 0 Å². The lowest BCUT2D eigenvalue weighted by Crippen LogP contribution is -2.10. The van der Waals surface area contributed by atoms with Crippen molar-refractivity contribution in [2.75, 3.05) is 0 Å². The summed E-state index contributed by atoms with van der Waals surface area (Å²) in [4.78, 5) is 32.1. The third kappa shape index (κ3) is 2.16. The number of fused-ring (bicyclic) bond motifs is 1. The van der Waals surface area contributed by atoms with E-state index in [-0.39, 0.29) is 5.70 Å². The number of aliphatic imine (C=N–C) groups is 2. The minimum absolute atomic E-state index is 0.162. The summed E-state index contributed by atoms with van der Waals surface area (Å²) < 4.78 is 0. The van der Waals surface area contributed by atoms with Crippen LogP contribution in [0.3, 0.4) is 0 Å². The fraction of sp³-hybridized carbons (Fsp3) is 0. The van der Waals surface area contributed by atoms with Crippen molar-refractivity contribution in [3.63, 3.8) is 0 Å². The zero-order chi connectivity index (χ0) is 16.5. The molecule has 0 radical (unpaired) electrons. The Morgan fingerprint density at radius 1 is 0.833 bits per heavy atom. The van der Waals surface area contributed by atoms with Gasteiger partial charge in [0.2, 0.25) is 5.78 Å². The van der Waals surface area contributed by atoms with Gasteiger partial charge < -0.3 is 0 Å². The van der Waals surface area contributed by atoms with Gasteiger partial charge in [-0.15, -0.1) is 0 Å². The fourth-order valence-corrected chi connectivity index (χ4v) is 2.90. The molecule has 4 rings (SSSR count). The van der Waals surface area contributed by atoms with Crippen LogP contribution in [0.25, 0.3) is 0 Å². The molecule has 4 heteroatoms. The highest BCUT2D eigenvalue weighted by Crippen LogP contribution is 2.35. The number of aldehydes is 1. The highest BCUT2D eigenvalue weighted by Gasteiger charge is 2.34. The molecule has 0 amide bonds. The molecule has 0 aliphatic carbocycles. The molecule has 0 saturated carbocycles. The first-order valence-electron chi connectivity index (χ1n) is 7.52. The summed E-state index contributed by atoms with van der Waals surface area (Å²) in [5, 5.41) is 0.